The maximum atomic E-state index is 8.61. The summed E-state index contributed by atoms with van der Waals surface area (Å²) in [5, 5.41) is 9.08. The lowest BCUT2D eigenvalue weighted by molar-refractivity contribution is 0.282. The summed E-state index contributed by atoms with van der Waals surface area (Å²) in [6.45, 7) is 0.358. The Morgan fingerprint density at radius 3 is 2.36 bits per heavy atom. The van der Waals surface area contributed by atoms with Crippen molar-refractivity contribution in [2.75, 3.05) is 6.61 Å². The van der Waals surface area contributed by atoms with Crippen molar-refractivity contribution in [3.63, 3.8) is 0 Å². The van der Waals surface area contributed by atoms with Gasteiger partial charge in [0.2, 0.25) is 0 Å². The second-order valence-electron chi connectivity index (χ2n) is 4.56. The zero-order valence-electron chi connectivity index (χ0n) is 9.05. The van der Waals surface area contributed by atoms with Crippen LogP contribution in [0.1, 0.15) is 57.8 Å². The molecule has 0 heterocycles. The summed E-state index contributed by atoms with van der Waals surface area (Å²) in [6, 6.07) is 0. The van der Waals surface area contributed by atoms with Gasteiger partial charge in [-0.05, 0) is 31.6 Å². The molecule has 0 aromatic heterocycles. The molecule has 2 heteroatoms. The Balaban J connectivity index is 1.84. The van der Waals surface area contributed by atoms with Crippen LogP contribution < -0.4 is 0 Å². The largest absolute Gasteiger partial charge is 0.396 e. The highest BCUT2D eigenvalue weighted by Gasteiger charge is 2.21. The smallest absolute Gasteiger partial charge is 0.0431 e. The standard InChI is InChI=1S/C12H23ClO/c13-12-8-7-11(10-12)6-4-2-1-3-5-9-14/h11-12,14H,1-10H2/t11-,12+/m0/s1. The van der Waals surface area contributed by atoms with Crippen molar-refractivity contribution in [2.24, 2.45) is 5.92 Å². The van der Waals surface area contributed by atoms with Crippen molar-refractivity contribution in [1.82, 2.24) is 0 Å². The molecule has 1 fully saturated rings. The van der Waals surface area contributed by atoms with Gasteiger partial charge in [0.25, 0.3) is 0 Å². The van der Waals surface area contributed by atoms with Crippen LogP contribution in [0.4, 0.5) is 0 Å². The minimum atomic E-state index is 0.358. The van der Waals surface area contributed by atoms with Gasteiger partial charge in [0.15, 0.2) is 0 Å². The summed E-state index contributed by atoms with van der Waals surface area (Å²) in [4.78, 5) is 0. The van der Waals surface area contributed by atoms with Gasteiger partial charge >= 0.3 is 0 Å². The summed E-state index contributed by atoms with van der Waals surface area (Å²) in [6.07, 6.45) is 11.4. The fourth-order valence-corrected chi connectivity index (χ4v) is 2.73. The van der Waals surface area contributed by atoms with E-state index >= 15 is 0 Å². The van der Waals surface area contributed by atoms with Crippen LogP contribution in [0.25, 0.3) is 0 Å². The molecule has 0 unspecified atom stereocenters. The number of hydrogen-bond donors (Lipinski definition) is 1. The van der Waals surface area contributed by atoms with Gasteiger partial charge in [-0.2, -0.15) is 0 Å². The number of aliphatic hydroxyl groups is 1. The molecule has 1 nitrogen and oxygen atoms in total. The predicted octanol–water partition coefficient (Wildman–Crippen LogP) is 3.73. The summed E-state index contributed by atoms with van der Waals surface area (Å²) < 4.78 is 0. The number of halogens is 1. The van der Waals surface area contributed by atoms with E-state index in [9.17, 15) is 0 Å². The molecular weight excluding hydrogens is 196 g/mol. The monoisotopic (exact) mass is 218 g/mol. The number of hydrogen-bond acceptors (Lipinski definition) is 1. The van der Waals surface area contributed by atoms with Crippen molar-refractivity contribution in [1.29, 1.82) is 0 Å². The Labute approximate surface area is 92.8 Å². The number of rotatable bonds is 7. The first-order valence-corrected chi connectivity index (χ1v) is 6.51. The molecule has 0 amide bonds. The van der Waals surface area contributed by atoms with Gasteiger partial charge in [-0.1, -0.05) is 32.1 Å². The molecule has 84 valence electrons. The lowest BCUT2D eigenvalue weighted by atomic mass is 9.99. The topological polar surface area (TPSA) is 20.2 Å². The van der Waals surface area contributed by atoms with Crippen LogP contribution in [-0.2, 0) is 0 Å². The maximum Gasteiger partial charge on any atom is 0.0431 e. The molecule has 1 N–H and O–H groups in total. The van der Waals surface area contributed by atoms with Gasteiger partial charge < -0.3 is 5.11 Å². The third kappa shape index (κ3) is 5.21. The van der Waals surface area contributed by atoms with Gasteiger partial charge in [0, 0.05) is 12.0 Å². The molecule has 0 aromatic carbocycles. The Bertz CT molecular complexity index is 138. The highest BCUT2D eigenvalue weighted by atomic mass is 35.5. The van der Waals surface area contributed by atoms with E-state index in [0.717, 1.165) is 12.3 Å². The summed E-state index contributed by atoms with van der Waals surface area (Å²) >= 11 is 6.06. The minimum Gasteiger partial charge on any atom is -0.396 e. The molecule has 1 rings (SSSR count). The fraction of sp³-hybridized carbons (Fsp3) is 1.00. The van der Waals surface area contributed by atoms with Crippen molar-refractivity contribution in [2.45, 2.75) is 63.2 Å². The third-order valence-corrected chi connectivity index (χ3v) is 3.64. The van der Waals surface area contributed by atoms with E-state index in [1.807, 2.05) is 0 Å². The zero-order chi connectivity index (χ0) is 10.2. The van der Waals surface area contributed by atoms with E-state index in [4.69, 9.17) is 16.7 Å². The normalized spacial score (nSPS) is 27.0. The van der Waals surface area contributed by atoms with Crippen molar-refractivity contribution >= 4 is 11.6 Å². The van der Waals surface area contributed by atoms with E-state index in [1.54, 1.807) is 0 Å². The number of aliphatic hydroxyl groups excluding tert-OH is 1. The van der Waals surface area contributed by atoms with Crippen LogP contribution >= 0.6 is 11.6 Å². The molecule has 0 saturated heterocycles. The Morgan fingerprint density at radius 2 is 1.71 bits per heavy atom. The van der Waals surface area contributed by atoms with Crippen LogP contribution in [0.2, 0.25) is 0 Å². The highest BCUT2D eigenvalue weighted by molar-refractivity contribution is 6.20. The van der Waals surface area contributed by atoms with Crippen LogP contribution in [-0.4, -0.2) is 17.1 Å². The molecule has 0 aliphatic heterocycles. The van der Waals surface area contributed by atoms with E-state index in [0.29, 0.717) is 12.0 Å². The van der Waals surface area contributed by atoms with Gasteiger partial charge in [-0.25, -0.2) is 0 Å². The van der Waals surface area contributed by atoms with Gasteiger partial charge in [0.05, 0.1) is 0 Å². The Kier molecular flexibility index (Phi) is 6.63. The molecule has 0 bridgehead atoms. The second kappa shape index (κ2) is 7.53. The highest BCUT2D eigenvalue weighted by Crippen LogP contribution is 2.32. The average Bonchev–Trinajstić information content (AvgIpc) is 2.58. The van der Waals surface area contributed by atoms with Crippen molar-refractivity contribution in [3.05, 3.63) is 0 Å². The van der Waals surface area contributed by atoms with Gasteiger partial charge in [-0.15, -0.1) is 11.6 Å². The van der Waals surface area contributed by atoms with Crippen molar-refractivity contribution < 1.29 is 5.11 Å². The maximum absolute atomic E-state index is 8.61. The number of unbranched alkanes of at least 4 members (excludes halogenated alkanes) is 4. The molecule has 2 atom stereocenters. The van der Waals surface area contributed by atoms with E-state index in [2.05, 4.69) is 0 Å². The SMILES string of the molecule is OCCCCCCC[C@H]1CC[C@@H](Cl)C1. The average molecular weight is 219 g/mol. The molecule has 0 radical (unpaired) electrons. The summed E-state index contributed by atoms with van der Waals surface area (Å²) in [7, 11) is 0. The summed E-state index contributed by atoms with van der Waals surface area (Å²) in [5.74, 6) is 0.912. The van der Waals surface area contributed by atoms with E-state index < -0.39 is 0 Å². The molecule has 1 aliphatic carbocycles. The lowest BCUT2D eigenvalue weighted by Crippen LogP contribution is -1.95. The van der Waals surface area contributed by atoms with Gasteiger partial charge in [0.1, 0.15) is 0 Å². The van der Waals surface area contributed by atoms with E-state index in [1.165, 1.54) is 51.4 Å². The second-order valence-corrected chi connectivity index (χ2v) is 5.17. The quantitative estimate of drug-likeness (QED) is 0.510. The molecular formula is C12H23ClO. The van der Waals surface area contributed by atoms with Crippen LogP contribution in [0, 0.1) is 5.92 Å². The first kappa shape index (κ1) is 12.3. The minimum absolute atomic E-state index is 0.358. The van der Waals surface area contributed by atoms with Crippen LogP contribution in [0.3, 0.4) is 0 Å². The lowest BCUT2D eigenvalue weighted by Gasteiger charge is -2.08. The molecule has 1 aliphatic rings. The number of alkyl halides is 1. The Hall–Kier alpha value is 0.250. The van der Waals surface area contributed by atoms with Crippen LogP contribution in [0.5, 0.6) is 0 Å². The first-order valence-electron chi connectivity index (χ1n) is 6.08. The van der Waals surface area contributed by atoms with Gasteiger partial charge in [-0.3, -0.25) is 0 Å². The molecule has 14 heavy (non-hydrogen) atoms. The summed E-state index contributed by atoms with van der Waals surface area (Å²) in [5.41, 5.74) is 0. The molecule has 1 saturated carbocycles. The zero-order valence-corrected chi connectivity index (χ0v) is 9.81. The van der Waals surface area contributed by atoms with E-state index in [-0.39, 0.29) is 0 Å². The molecule has 0 aromatic rings. The predicted molar refractivity (Wildman–Crippen MR) is 61.8 cm³/mol. The molecule has 0 spiro atoms. The fourth-order valence-electron chi connectivity index (χ4n) is 2.35. The first-order chi connectivity index (χ1) is 6.83. The third-order valence-electron chi connectivity index (χ3n) is 3.25. The Morgan fingerprint density at radius 1 is 1.00 bits per heavy atom. The van der Waals surface area contributed by atoms with Crippen LogP contribution in [0.15, 0.2) is 0 Å². The van der Waals surface area contributed by atoms with Crippen molar-refractivity contribution in [3.8, 4) is 0 Å².